The van der Waals surface area contributed by atoms with Crippen molar-refractivity contribution in [2.24, 2.45) is 0 Å². The highest BCUT2D eigenvalue weighted by Crippen LogP contribution is 2.24. The highest BCUT2D eigenvalue weighted by Gasteiger charge is 2.35. The average Bonchev–Trinajstić information content (AvgIpc) is 2.75. The number of hydrogen-bond acceptors (Lipinski definition) is 5. The number of morpholine rings is 1. The molecule has 8 heteroatoms. The van der Waals surface area contributed by atoms with E-state index in [4.69, 9.17) is 4.74 Å². The summed E-state index contributed by atoms with van der Waals surface area (Å²) in [5, 5.41) is 0. The second-order valence-corrected chi connectivity index (χ2v) is 9.94. The average molecular weight is 409 g/mol. The third-order valence-corrected chi connectivity index (χ3v) is 8.31. The molecule has 0 aromatic heterocycles. The summed E-state index contributed by atoms with van der Waals surface area (Å²) in [4.78, 5) is 4.97. The van der Waals surface area contributed by atoms with Crippen molar-refractivity contribution in [3.05, 3.63) is 29.8 Å². The second-order valence-electron chi connectivity index (χ2n) is 8.01. The largest absolute Gasteiger partial charge is 0.379 e. The second kappa shape index (κ2) is 8.67. The summed E-state index contributed by atoms with van der Waals surface area (Å²) in [5.41, 5.74) is 2.61. The van der Waals surface area contributed by atoms with Crippen LogP contribution in [0.4, 0.5) is 5.69 Å². The number of piperazine rings is 1. The molecule has 0 unspecified atom stereocenters. The first-order chi connectivity index (χ1) is 13.5. The topological polar surface area (TPSA) is 56.3 Å². The number of aryl methyl sites for hydroxylation is 1. The maximum absolute atomic E-state index is 12.8. The predicted molar refractivity (Wildman–Crippen MR) is 111 cm³/mol. The van der Waals surface area contributed by atoms with Crippen molar-refractivity contribution in [1.29, 1.82) is 0 Å². The van der Waals surface area contributed by atoms with Gasteiger partial charge in [0.05, 0.1) is 13.2 Å². The van der Waals surface area contributed by atoms with E-state index in [1.54, 1.807) is 8.61 Å². The molecule has 3 heterocycles. The maximum atomic E-state index is 12.8. The van der Waals surface area contributed by atoms with E-state index < -0.39 is 10.2 Å². The van der Waals surface area contributed by atoms with Gasteiger partial charge < -0.3 is 9.64 Å². The first-order valence-electron chi connectivity index (χ1n) is 10.4. The van der Waals surface area contributed by atoms with Gasteiger partial charge in [-0.1, -0.05) is 17.7 Å². The number of rotatable bonds is 4. The molecule has 28 heavy (non-hydrogen) atoms. The molecule has 3 saturated heterocycles. The van der Waals surface area contributed by atoms with Gasteiger partial charge in [0.2, 0.25) is 0 Å². The molecule has 3 aliphatic heterocycles. The number of piperidine rings is 1. The lowest BCUT2D eigenvalue weighted by molar-refractivity contribution is 0.0665. The summed E-state index contributed by atoms with van der Waals surface area (Å²) in [6.07, 6.45) is 2.29. The minimum absolute atomic E-state index is 0.472. The Hall–Kier alpha value is -1.19. The van der Waals surface area contributed by atoms with E-state index in [2.05, 4.69) is 41.0 Å². The first kappa shape index (κ1) is 20.1. The third kappa shape index (κ3) is 4.36. The van der Waals surface area contributed by atoms with Crippen LogP contribution in [0.2, 0.25) is 0 Å². The summed E-state index contributed by atoms with van der Waals surface area (Å²) in [7, 11) is -3.34. The SMILES string of the molecule is Cc1ccc(N2CCC(N3CCN(S(=O)(=O)N4CCOCC4)CC3)CC2)cc1. The third-order valence-electron chi connectivity index (χ3n) is 6.28. The fourth-order valence-electron chi connectivity index (χ4n) is 4.48. The van der Waals surface area contributed by atoms with Gasteiger partial charge in [-0.3, -0.25) is 4.90 Å². The zero-order chi connectivity index (χ0) is 19.6. The van der Waals surface area contributed by atoms with Crippen LogP contribution in [0.3, 0.4) is 0 Å². The van der Waals surface area contributed by atoms with Crippen molar-refractivity contribution in [1.82, 2.24) is 13.5 Å². The minimum Gasteiger partial charge on any atom is -0.379 e. The standard InChI is InChI=1S/C20H32N4O3S/c1-18-2-4-19(5-3-18)21-8-6-20(7-9-21)22-10-12-23(13-11-22)28(25,26)24-14-16-27-17-15-24/h2-5,20H,6-17H2,1H3. The molecule has 0 spiro atoms. The lowest BCUT2D eigenvalue weighted by atomic mass is 10.0. The Morgan fingerprint density at radius 1 is 0.821 bits per heavy atom. The van der Waals surface area contributed by atoms with Crippen molar-refractivity contribution >= 4 is 15.9 Å². The monoisotopic (exact) mass is 408 g/mol. The number of anilines is 1. The summed E-state index contributed by atoms with van der Waals surface area (Å²) < 4.78 is 34.2. The molecule has 1 aromatic rings. The van der Waals surface area contributed by atoms with Gasteiger partial charge in [-0.05, 0) is 31.9 Å². The molecule has 156 valence electrons. The van der Waals surface area contributed by atoms with Gasteiger partial charge in [-0.2, -0.15) is 17.0 Å². The predicted octanol–water partition coefficient (Wildman–Crippen LogP) is 1.16. The zero-order valence-corrected chi connectivity index (χ0v) is 17.6. The fraction of sp³-hybridized carbons (Fsp3) is 0.700. The van der Waals surface area contributed by atoms with Crippen LogP contribution in [0.25, 0.3) is 0 Å². The van der Waals surface area contributed by atoms with Gasteiger partial charge in [0, 0.05) is 64.1 Å². The number of hydrogen-bond donors (Lipinski definition) is 0. The summed E-state index contributed by atoms with van der Waals surface area (Å²) in [6.45, 7) is 9.06. The Labute approximate surface area is 169 Å². The quantitative estimate of drug-likeness (QED) is 0.748. The van der Waals surface area contributed by atoms with E-state index in [0.29, 0.717) is 45.4 Å². The Morgan fingerprint density at radius 2 is 1.39 bits per heavy atom. The van der Waals surface area contributed by atoms with Gasteiger partial charge in [-0.15, -0.1) is 0 Å². The molecule has 0 saturated carbocycles. The molecule has 3 fully saturated rings. The minimum atomic E-state index is -3.34. The molecular weight excluding hydrogens is 376 g/mol. The Balaban J connectivity index is 1.27. The smallest absolute Gasteiger partial charge is 0.282 e. The molecule has 0 aliphatic carbocycles. The van der Waals surface area contributed by atoms with E-state index in [1.807, 2.05) is 0 Å². The van der Waals surface area contributed by atoms with Crippen molar-refractivity contribution in [2.75, 3.05) is 70.5 Å². The van der Waals surface area contributed by atoms with Crippen LogP contribution in [-0.2, 0) is 14.9 Å². The summed E-state index contributed by atoms with van der Waals surface area (Å²) in [6, 6.07) is 9.34. The van der Waals surface area contributed by atoms with E-state index in [1.165, 1.54) is 11.3 Å². The maximum Gasteiger partial charge on any atom is 0.282 e. The lowest BCUT2D eigenvalue weighted by Crippen LogP contribution is -2.57. The van der Waals surface area contributed by atoms with Crippen LogP contribution >= 0.6 is 0 Å². The molecule has 1 aromatic carbocycles. The van der Waals surface area contributed by atoms with Crippen LogP contribution < -0.4 is 4.90 Å². The normalized spacial score (nSPS) is 24.5. The van der Waals surface area contributed by atoms with Crippen molar-refractivity contribution in [2.45, 2.75) is 25.8 Å². The van der Waals surface area contributed by atoms with Crippen LogP contribution in [0.1, 0.15) is 18.4 Å². The summed E-state index contributed by atoms with van der Waals surface area (Å²) >= 11 is 0. The van der Waals surface area contributed by atoms with Gasteiger partial charge in [-0.25, -0.2) is 0 Å². The molecule has 4 rings (SSSR count). The van der Waals surface area contributed by atoms with Gasteiger partial charge in [0.1, 0.15) is 0 Å². The molecule has 3 aliphatic rings. The molecular formula is C20H32N4O3S. The Kier molecular flexibility index (Phi) is 6.22. The van der Waals surface area contributed by atoms with Crippen LogP contribution in [0, 0.1) is 6.92 Å². The molecule has 0 N–H and O–H groups in total. The fourth-order valence-corrected chi connectivity index (χ4v) is 6.05. The lowest BCUT2D eigenvalue weighted by Gasteiger charge is -2.43. The number of nitrogens with zero attached hydrogens (tertiary/aromatic N) is 4. The van der Waals surface area contributed by atoms with Crippen molar-refractivity contribution in [3.63, 3.8) is 0 Å². The van der Waals surface area contributed by atoms with Crippen molar-refractivity contribution in [3.8, 4) is 0 Å². The van der Waals surface area contributed by atoms with Crippen molar-refractivity contribution < 1.29 is 13.2 Å². The first-order valence-corrected chi connectivity index (χ1v) is 11.8. The van der Waals surface area contributed by atoms with Crippen LogP contribution in [0.15, 0.2) is 24.3 Å². The molecule has 0 amide bonds. The van der Waals surface area contributed by atoms with Gasteiger partial charge in [0.15, 0.2) is 0 Å². The number of ether oxygens (including phenoxy) is 1. The molecule has 0 radical (unpaired) electrons. The zero-order valence-electron chi connectivity index (χ0n) is 16.8. The van der Waals surface area contributed by atoms with E-state index >= 15 is 0 Å². The van der Waals surface area contributed by atoms with E-state index in [-0.39, 0.29) is 0 Å². The van der Waals surface area contributed by atoms with Crippen LogP contribution in [0.5, 0.6) is 0 Å². The molecule has 0 atom stereocenters. The molecule has 0 bridgehead atoms. The highest BCUT2D eigenvalue weighted by atomic mass is 32.2. The Bertz CT molecular complexity index is 733. The highest BCUT2D eigenvalue weighted by molar-refractivity contribution is 7.86. The van der Waals surface area contributed by atoms with Gasteiger partial charge in [0.25, 0.3) is 10.2 Å². The molecule has 7 nitrogen and oxygen atoms in total. The van der Waals surface area contributed by atoms with E-state index in [9.17, 15) is 8.42 Å². The number of benzene rings is 1. The van der Waals surface area contributed by atoms with Gasteiger partial charge >= 0.3 is 0 Å². The Morgan fingerprint density at radius 3 is 2.00 bits per heavy atom. The van der Waals surface area contributed by atoms with E-state index in [0.717, 1.165) is 39.0 Å². The van der Waals surface area contributed by atoms with Crippen LogP contribution in [-0.4, -0.2) is 93.5 Å². The summed E-state index contributed by atoms with van der Waals surface area (Å²) in [5.74, 6) is 0.